The highest BCUT2D eigenvalue weighted by molar-refractivity contribution is 5.86. The number of rotatable bonds is 1. The van der Waals surface area contributed by atoms with Crippen LogP contribution in [0, 0.1) is 12.3 Å². The summed E-state index contributed by atoms with van der Waals surface area (Å²) in [5, 5.41) is 0. The molecule has 1 amide bonds. The molecule has 0 aromatic heterocycles. The van der Waals surface area contributed by atoms with Crippen LogP contribution in [0.1, 0.15) is 19.3 Å². The minimum atomic E-state index is -0.246. The Morgan fingerprint density at radius 3 is 3.00 bits per heavy atom. The zero-order valence-electron chi connectivity index (χ0n) is 8.07. The van der Waals surface area contributed by atoms with Crippen molar-refractivity contribution < 1.29 is 14.3 Å². The average molecular weight is 196 g/mol. The van der Waals surface area contributed by atoms with Gasteiger partial charge in [0.05, 0.1) is 12.3 Å². The summed E-state index contributed by atoms with van der Waals surface area (Å²) in [6.07, 6.45) is 4.49. The maximum Gasteiger partial charge on any atom is 0.306 e. The van der Waals surface area contributed by atoms with Gasteiger partial charge in [-0.3, -0.25) is 9.59 Å². The van der Waals surface area contributed by atoms with E-state index in [0.29, 0.717) is 0 Å². The van der Waals surface area contributed by atoms with Crippen LogP contribution >= 0.6 is 0 Å². The lowest BCUT2D eigenvalue weighted by Crippen LogP contribution is -2.40. The lowest BCUT2D eigenvalue weighted by Gasteiger charge is -2.28. The van der Waals surface area contributed by atoms with Crippen molar-refractivity contribution in [2.45, 2.75) is 19.3 Å². The lowest BCUT2D eigenvalue weighted by atomic mass is 10.0. The predicted molar refractivity (Wildman–Crippen MR) is 49.2 cm³/mol. The molecule has 2 aliphatic rings. The van der Waals surface area contributed by atoms with Gasteiger partial charge in [-0.15, -0.1) is 0 Å². The molecule has 77 valence electrons. The molecule has 0 unspecified atom stereocenters. The van der Waals surface area contributed by atoms with Crippen molar-refractivity contribution in [1.82, 2.24) is 4.90 Å². The molecule has 2 saturated heterocycles. The van der Waals surface area contributed by atoms with E-state index in [2.05, 4.69) is 6.42 Å². The molecule has 0 aromatic carbocycles. The van der Waals surface area contributed by atoms with Crippen molar-refractivity contribution in [3.8, 4) is 0 Å². The second-order valence-corrected chi connectivity index (χ2v) is 3.80. The summed E-state index contributed by atoms with van der Waals surface area (Å²) in [6.45, 7) is 1.82. The number of hydrogen-bond acceptors (Lipinski definition) is 3. The van der Waals surface area contributed by atoms with Crippen molar-refractivity contribution >= 4 is 11.9 Å². The van der Waals surface area contributed by atoms with E-state index in [-0.39, 0.29) is 30.8 Å². The molecule has 0 saturated carbocycles. The zero-order valence-corrected chi connectivity index (χ0v) is 8.07. The molecule has 1 radical (unpaired) electrons. The molecule has 2 heterocycles. The normalized spacial score (nSPS) is 27.6. The van der Waals surface area contributed by atoms with Gasteiger partial charge in [0.2, 0.25) is 5.91 Å². The van der Waals surface area contributed by atoms with Crippen LogP contribution in [-0.2, 0) is 14.3 Å². The van der Waals surface area contributed by atoms with Gasteiger partial charge in [-0.25, -0.2) is 0 Å². The quantitative estimate of drug-likeness (QED) is 0.569. The summed E-state index contributed by atoms with van der Waals surface area (Å²) in [7, 11) is 0. The van der Waals surface area contributed by atoms with Crippen molar-refractivity contribution in [3.63, 3.8) is 0 Å². The first kappa shape index (κ1) is 9.49. The molecule has 1 atom stereocenters. The van der Waals surface area contributed by atoms with Crippen LogP contribution in [0.15, 0.2) is 0 Å². The fraction of sp³-hybridized carbons (Fsp3) is 0.700. The summed E-state index contributed by atoms with van der Waals surface area (Å²) in [6, 6.07) is 0. The summed E-state index contributed by atoms with van der Waals surface area (Å²) in [4.78, 5) is 24.5. The van der Waals surface area contributed by atoms with Crippen LogP contribution in [0.5, 0.6) is 0 Å². The van der Waals surface area contributed by atoms with Crippen molar-refractivity contribution in [1.29, 1.82) is 0 Å². The Kier molecular flexibility index (Phi) is 2.70. The number of likely N-dealkylation sites (tertiary alicyclic amines) is 1. The first-order valence-corrected chi connectivity index (χ1v) is 5.03. The standard InChI is InChI=1S/C10H14NO3/c12-9-6-8(7-14-9)10(13)11-4-2-1-3-5-11/h2,8H,1,3-7H2/t8-/m0/s1. The molecule has 4 heteroatoms. The molecule has 14 heavy (non-hydrogen) atoms. The number of carbonyl (C=O) groups excluding carboxylic acids is 2. The third kappa shape index (κ3) is 1.89. The maximum absolute atomic E-state index is 11.8. The van der Waals surface area contributed by atoms with Crippen LogP contribution in [-0.4, -0.2) is 36.5 Å². The van der Waals surface area contributed by atoms with Gasteiger partial charge < -0.3 is 9.64 Å². The Labute approximate surface area is 83.2 Å². The fourth-order valence-electron chi connectivity index (χ4n) is 1.89. The van der Waals surface area contributed by atoms with Gasteiger partial charge in [0, 0.05) is 13.1 Å². The van der Waals surface area contributed by atoms with Crippen LogP contribution < -0.4 is 0 Å². The minimum absolute atomic E-state index is 0.0757. The van der Waals surface area contributed by atoms with E-state index in [9.17, 15) is 9.59 Å². The SMILES string of the molecule is O=C1C[C@H](C(=O)N2C[CH]CCC2)CO1. The molecule has 2 rings (SSSR count). The first-order valence-electron chi connectivity index (χ1n) is 5.03. The molecule has 0 N–H and O–H groups in total. The molecule has 0 aliphatic carbocycles. The Hall–Kier alpha value is -1.06. The molecule has 2 aliphatic heterocycles. The monoisotopic (exact) mass is 196 g/mol. The van der Waals surface area contributed by atoms with E-state index >= 15 is 0 Å². The molecular weight excluding hydrogens is 182 g/mol. The Morgan fingerprint density at radius 2 is 2.43 bits per heavy atom. The molecular formula is C10H14NO3. The molecule has 0 spiro atoms. The van der Waals surface area contributed by atoms with E-state index < -0.39 is 0 Å². The topological polar surface area (TPSA) is 46.6 Å². The number of nitrogens with zero attached hydrogens (tertiary/aromatic N) is 1. The van der Waals surface area contributed by atoms with Gasteiger partial charge in [-0.05, 0) is 19.3 Å². The third-order valence-corrected chi connectivity index (χ3v) is 2.71. The van der Waals surface area contributed by atoms with Gasteiger partial charge in [-0.1, -0.05) is 0 Å². The van der Waals surface area contributed by atoms with Crippen molar-refractivity contribution in [3.05, 3.63) is 6.42 Å². The molecule has 0 bridgehead atoms. The highest BCUT2D eigenvalue weighted by Gasteiger charge is 2.33. The van der Waals surface area contributed by atoms with Crippen LogP contribution in [0.25, 0.3) is 0 Å². The Bertz CT molecular complexity index is 246. The second-order valence-electron chi connectivity index (χ2n) is 3.80. The number of cyclic esters (lactones) is 1. The highest BCUT2D eigenvalue weighted by atomic mass is 16.5. The highest BCUT2D eigenvalue weighted by Crippen LogP contribution is 2.19. The fourth-order valence-corrected chi connectivity index (χ4v) is 1.89. The van der Waals surface area contributed by atoms with Crippen LogP contribution in [0.2, 0.25) is 0 Å². The number of carbonyl (C=O) groups is 2. The number of esters is 1. The molecule has 2 fully saturated rings. The predicted octanol–water partition coefficient (Wildman–Crippen LogP) is 0.376. The number of piperidine rings is 1. The Balaban J connectivity index is 1.90. The Morgan fingerprint density at radius 1 is 1.57 bits per heavy atom. The smallest absolute Gasteiger partial charge is 0.306 e. The maximum atomic E-state index is 11.8. The second kappa shape index (κ2) is 3.98. The van der Waals surface area contributed by atoms with Crippen LogP contribution in [0.4, 0.5) is 0 Å². The van der Waals surface area contributed by atoms with Gasteiger partial charge in [0.15, 0.2) is 0 Å². The number of ether oxygens (including phenoxy) is 1. The van der Waals surface area contributed by atoms with E-state index in [0.717, 1.165) is 25.9 Å². The van der Waals surface area contributed by atoms with E-state index in [1.807, 2.05) is 4.90 Å². The molecule has 4 nitrogen and oxygen atoms in total. The van der Waals surface area contributed by atoms with E-state index in [1.165, 1.54) is 0 Å². The van der Waals surface area contributed by atoms with Crippen molar-refractivity contribution in [2.75, 3.05) is 19.7 Å². The largest absolute Gasteiger partial charge is 0.465 e. The average Bonchev–Trinajstić information content (AvgIpc) is 2.65. The van der Waals surface area contributed by atoms with Crippen LogP contribution in [0.3, 0.4) is 0 Å². The summed E-state index contributed by atoms with van der Waals surface area (Å²) < 4.78 is 4.78. The minimum Gasteiger partial charge on any atom is -0.465 e. The lowest BCUT2D eigenvalue weighted by molar-refractivity contribution is -0.138. The van der Waals surface area contributed by atoms with Crippen molar-refractivity contribution in [2.24, 2.45) is 5.92 Å². The molecule has 0 aromatic rings. The zero-order chi connectivity index (χ0) is 9.97. The van der Waals surface area contributed by atoms with E-state index in [4.69, 9.17) is 4.74 Å². The number of hydrogen-bond donors (Lipinski definition) is 0. The first-order chi connectivity index (χ1) is 6.77. The van der Waals surface area contributed by atoms with Gasteiger partial charge in [0.1, 0.15) is 6.61 Å². The van der Waals surface area contributed by atoms with Gasteiger partial charge in [-0.2, -0.15) is 0 Å². The summed E-state index contributed by atoms with van der Waals surface area (Å²) >= 11 is 0. The summed E-state index contributed by atoms with van der Waals surface area (Å²) in [5.41, 5.74) is 0. The number of amides is 1. The third-order valence-electron chi connectivity index (χ3n) is 2.71. The van der Waals surface area contributed by atoms with Gasteiger partial charge in [0.25, 0.3) is 0 Å². The van der Waals surface area contributed by atoms with Gasteiger partial charge >= 0.3 is 5.97 Å². The van der Waals surface area contributed by atoms with E-state index in [1.54, 1.807) is 0 Å². The summed E-state index contributed by atoms with van der Waals surface area (Å²) in [5.74, 6) is -0.398.